The summed E-state index contributed by atoms with van der Waals surface area (Å²) in [5.74, 6) is 0. The summed E-state index contributed by atoms with van der Waals surface area (Å²) in [6.07, 6.45) is 1.25. The molecule has 3 N–H and O–H groups in total. The van der Waals surface area contributed by atoms with E-state index >= 15 is 0 Å². The fourth-order valence-electron chi connectivity index (χ4n) is 2.45. The summed E-state index contributed by atoms with van der Waals surface area (Å²) in [5, 5.41) is 8.96. The molecule has 2 rings (SSSR count). The van der Waals surface area contributed by atoms with Gasteiger partial charge in [-0.1, -0.05) is 0 Å². The van der Waals surface area contributed by atoms with E-state index in [1.54, 1.807) is 12.1 Å². The van der Waals surface area contributed by atoms with Gasteiger partial charge in [0.2, 0.25) is 0 Å². The van der Waals surface area contributed by atoms with Gasteiger partial charge in [-0.2, -0.15) is 0 Å². The molecule has 0 aromatic heterocycles. The Kier molecular flexibility index (Phi) is 4.58. The first-order valence-electron chi connectivity index (χ1n) is 6.68. The number of anilines is 2. The van der Waals surface area contributed by atoms with E-state index in [4.69, 9.17) is 10.8 Å². The van der Waals surface area contributed by atoms with Gasteiger partial charge in [0.25, 0.3) is 6.43 Å². The minimum absolute atomic E-state index is 0.00941. The molecular weight excluding hydrogens is 250 g/mol. The lowest BCUT2D eigenvalue weighted by atomic mass is 9.90. The van der Waals surface area contributed by atoms with Crippen molar-refractivity contribution in [2.45, 2.75) is 38.2 Å². The molecule has 19 heavy (non-hydrogen) atoms. The maximum Gasteiger partial charge on any atom is 0.265 e. The smallest absolute Gasteiger partial charge is 0.265 e. The van der Waals surface area contributed by atoms with Crippen molar-refractivity contribution in [3.05, 3.63) is 23.8 Å². The van der Waals surface area contributed by atoms with Gasteiger partial charge in [-0.05, 0) is 43.9 Å². The Labute approximate surface area is 112 Å². The Morgan fingerprint density at radius 1 is 1.37 bits per heavy atom. The number of nitrogens with two attached hydrogens (primary N) is 1. The third kappa shape index (κ3) is 3.15. The van der Waals surface area contributed by atoms with Gasteiger partial charge in [0.15, 0.2) is 0 Å². The average molecular weight is 270 g/mol. The lowest BCUT2D eigenvalue weighted by Crippen LogP contribution is -2.41. The molecule has 0 atom stereocenters. The van der Waals surface area contributed by atoms with E-state index in [-0.39, 0.29) is 12.2 Å². The predicted molar refractivity (Wildman–Crippen MR) is 72.5 cm³/mol. The number of nitrogen functional groups attached to an aromatic ring is 1. The highest BCUT2D eigenvalue weighted by molar-refractivity contribution is 5.61. The molecule has 1 aromatic rings. The molecule has 3 nitrogen and oxygen atoms in total. The summed E-state index contributed by atoms with van der Waals surface area (Å²) in [5.41, 5.74) is 6.50. The van der Waals surface area contributed by atoms with Crippen LogP contribution in [0.2, 0.25) is 0 Å². The Morgan fingerprint density at radius 2 is 2.11 bits per heavy atom. The molecule has 0 heterocycles. The van der Waals surface area contributed by atoms with E-state index in [0.29, 0.717) is 30.4 Å². The molecule has 0 unspecified atom stereocenters. The van der Waals surface area contributed by atoms with Gasteiger partial charge in [-0.3, -0.25) is 0 Å². The molecule has 0 aliphatic heterocycles. The minimum Gasteiger partial charge on any atom is -0.399 e. The van der Waals surface area contributed by atoms with E-state index in [0.717, 1.165) is 19.3 Å². The molecule has 0 amide bonds. The lowest BCUT2D eigenvalue weighted by molar-refractivity contribution is 0.151. The standard InChI is InChI=1S/C14H20F2N2O/c15-14(16)12-9-10(17)5-6-13(12)18(7-2-8-19)11-3-1-4-11/h5-6,9,11,14,19H,1-4,7-8,17H2. The Balaban J connectivity index is 2.28. The number of benzene rings is 1. The zero-order valence-corrected chi connectivity index (χ0v) is 10.9. The fraction of sp³-hybridized carbons (Fsp3) is 0.571. The van der Waals surface area contributed by atoms with E-state index in [1.165, 1.54) is 6.07 Å². The van der Waals surface area contributed by atoms with Crippen LogP contribution in [0.3, 0.4) is 0 Å². The topological polar surface area (TPSA) is 49.5 Å². The second-order valence-electron chi connectivity index (χ2n) is 4.97. The molecule has 106 valence electrons. The first-order valence-corrected chi connectivity index (χ1v) is 6.68. The highest BCUT2D eigenvalue weighted by Gasteiger charge is 2.28. The van der Waals surface area contributed by atoms with Gasteiger partial charge in [-0.25, -0.2) is 8.78 Å². The number of nitrogens with zero attached hydrogens (tertiary/aromatic N) is 1. The van der Waals surface area contributed by atoms with Crippen molar-refractivity contribution in [2.24, 2.45) is 0 Å². The van der Waals surface area contributed by atoms with Crippen LogP contribution in [-0.4, -0.2) is 24.3 Å². The summed E-state index contributed by atoms with van der Waals surface area (Å²) < 4.78 is 26.3. The summed E-state index contributed by atoms with van der Waals surface area (Å²) in [6, 6.07) is 5.00. The van der Waals surface area contributed by atoms with Gasteiger partial charge in [0.1, 0.15) is 0 Å². The molecule has 1 fully saturated rings. The van der Waals surface area contributed by atoms with Crippen LogP contribution in [0.1, 0.15) is 37.7 Å². The second-order valence-corrected chi connectivity index (χ2v) is 4.97. The zero-order valence-electron chi connectivity index (χ0n) is 10.9. The third-order valence-corrected chi connectivity index (χ3v) is 3.67. The SMILES string of the molecule is Nc1ccc(N(CCCO)C2CCC2)c(C(F)F)c1. The van der Waals surface area contributed by atoms with Gasteiger partial charge in [0.05, 0.1) is 0 Å². The molecule has 0 bridgehead atoms. The number of alkyl halides is 2. The molecule has 0 radical (unpaired) electrons. The first kappa shape index (κ1) is 14.1. The molecular formula is C14H20F2N2O. The summed E-state index contributed by atoms with van der Waals surface area (Å²) in [7, 11) is 0. The van der Waals surface area contributed by atoms with Crippen molar-refractivity contribution in [3.63, 3.8) is 0 Å². The molecule has 1 aromatic carbocycles. The number of aliphatic hydroxyl groups excluding tert-OH is 1. The third-order valence-electron chi connectivity index (χ3n) is 3.67. The summed E-state index contributed by atoms with van der Waals surface area (Å²) >= 11 is 0. The van der Waals surface area contributed by atoms with Crippen LogP contribution in [0.5, 0.6) is 0 Å². The molecule has 1 aliphatic carbocycles. The van der Waals surface area contributed by atoms with Crippen LogP contribution in [0.25, 0.3) is 0 Å². The summed E-state index contributed by atoms with van der Waals surface area (Å²) in [4.78, 5) is 2.00. The Hall–Kier alpha value is -1.36. The van der Waals surface area contributed by atoms with Crippen molar-refractivity contribution in [2.75, 3.05) is 23.8 Å². The minimum atomic E-state index is -2.53. The predicted octanol–water partition coefficient (Wildman–Crippen LogP) is 2.95. The van der Waals surface area contributed by atoms with Crippen LogP contribution >= 0.6 is 0 Å². The van der Waals surface area contributed by atoms with Gasteiger partial charge in [0, 0.05) is 36.1 Å². The molecule has 0 saturated heterocycles. The zero-order chi connectivity index (χ0) is 13.8. The molecule has 5 heteroatoms. The highest BCUT2D eigenvalue weighted by atomic mass is 19.3. The first-order chi connectivity index (χ1) is 9.13. The number of rotatable bonds is 6. The van der Waals surface area contributed by atoms with Gasteiger partial charge in [-0.15, -0.1) is 0 Å². The van der Waals surface area contributed by atoms with Gasteiger partial charge >= 0.3 is 0 Å². The maximum atomic E-state index is 13.1. The monoisotopic (exact) mass is 270 g/mol. The highest BCUT2D eigenvalue weighted by Crippen LogP contribution is 2.36. The van der Waals surface area contributed by atoms with Crippen LogP contribution < -0.4 is 10.6 Å². The van der Waals surface area contributed by atoms with E-state index in [9.17, 15) is 8.78 Å². The fourth-order valence-corrected chi connectivity index (χ4v) is 2.45. The number of aliphatic hydroxyl groups is 1. The molecule has 1 saturated carbocycles. The molecule has 0 spiro atoms. The largest absolute Gasteiger partial charge is 0.399 e. The van der Waals surface area contributed by atoms with E-state index in [2.05, 4.69) is 0 Å². The quantitative estimate of drug-likeness (QED) is 0.781. The number of hydrogen-bond donors (Lipinski definition) is 2. The van der Waals surface area contributed by atoms with Crippen molar-refractivity contribution in [3.8, 4) is 0 Å². The molecule has 1 aliphatic rings. The van der Waals surface area contributed by atoms with Crippen LogP contribution in [0.4, 0.5) is 20.2 Å². The normalized spacial score (nSPS) is 15.6. The second kappa shape index (κ2) is 6.19. The Morgan fingerprint density at radius 3 is 2.63 bits per heavy atom. The van der Waals surface area contributed by atoms with Gasteiger partial charge < -0.3 is 15.7 Å². The Bertz CT molecular complexity index is 422. The van der Waals surface area contributed by atoms with Crippen LogP contribution in [0, 0.1) is 0 Å². The van der Waals surface area contributed by atoms with E-state index < -0.39 is 6.43 Å². The summed E-state index contributed by atoms with van der Waals surface area (Å²) in [6.45, 7) is 0.674. The van der Waals surface area contributed by atoms with Crippen LogP contribution in [0.15, 0.2) is 18.2 Å². The average Bonchev–Trinajstić information content (AvgIpc) is 2.32. The van der Waals surface area contributed by atoms with Crippen molar-refractivity contribution >= 4 is 11.4 Å². The number of hydrogen-bond acceptors (Lipinski definition) is 3. The van der Waals surface area contributed by atoms with Crippen molar-refractivity contribution in [1.82, 2.24) is 0 Å². The van der Waals surface area contributed by atoms with Crippen molar-refractivity contribution in [1.29, 1.82) is 0 Å². The van der Waals surface area contributed by atoms with Crippen LogP contribution in [-0.2, 0) is 0 Å². The van der Waals surface area contributed by atoms with Crippen molar-refractivity contribution < 1.29 is 13.9 Å². The van der Waals surface area contributed by atoms with E-state index in [1.807, 2.05) is 4.90 Å². The number of halogens is 2. The maximum absolute atomic E-state index is 13.1. The lowest BCUT2D eigenvalue weighted by Gasteiger charge is -2.40.